The van der Waals surface area contributed by atoms with Crippen LogP contribution < -0.4 is 10.6 Å². The third kappa shape index (κ3) is 6.42. The number of benzene rings is 2. The Morgan fingerprint density at radius 2 is 1.85 bits per heavy atom. The first-order valence-electron chi connectivity index (χ1n) is 11.5. The van der Waals surface area contributed by atoms with Gasteiger partial charge in [0, 0.05) is 57.3 Å². The van der Waals surface area contributed by atoms with Gasteiger partial charge in [-0.25, -0.2) is 0 Å². The van der Waals surface area contributed by atoms with E-state index in [9.17, 15) is 4.79 Å². The van der Waals surface area contributed by atoms with Crippen LogP contribution in [-0.2, 0) is 17.8 Å². The standard InChI is InChI=1S/C27H31N5O/c1-28-27(30-18-22-10-7-11-24(16-22)25-12-5-6-14-29-25)31-19-23-17-26(33)32(20-23)15-13-21-8-3-2-4-9-21/h2-12,14,16,23H,13,15,17-20H2,1H3,(H2,28,30,31). The van der Waals surface area contributed by atoms with E-state index in [-0.39, 0.29) is 5.91 Å². The van der Waals surface area contributed by atoms with Gasteiger partial charge in [0.15, 0.2) is 5.96 Å². The lowest BCUT2D eigenvalue weighted by molar-refractivity contribution is -0.127. The van der Waals surface area contributed by atoms with E-state index in [0.29, 0.717) is 18.9 Å². The molecule has 2 heterocycles. The molecule has 170 valence electrons. The maximum absolute atomic E-state index is 12.4. The van der Waals surface area contributed by atoms with Crippen LogP contribution in [0.5, 0.6) is 0 Å². The summed E-state index contributed by atoms with van der Waals surface area (Å²) in [6.45, 7) is 2.95. The summed E-state index contributed by atoms with van der Waals surface area (Å²) in [5, 5.41) is 6.77. The maximum Gasteiger partial charge on any atom is 0.223 e. The van der Waals surface area contributed by atoms with Crippen LogP contribution in [0.3, 0.4) is 0 Å². The maximum atomic E-state index is 12.4. The number of pyridine rings is 1. The lowest BCUT2D eigenvalue weighted by Gasteiger charge is -2.18. The molecule has 1 saturated heterocycles. The predicted molar refractivity (Wildman–Crippen MR) is 133 cm³/mol. The highest BCUT2D eigenvalue weighted by Gasteiger charge is 2.29. The zero-order valence-corrected chi connectivity index (χ0v) is 19.1. The van der Waals surface area contributed by atoms with Crippen molar-refractivity contribution in [2.45, 2.75) is 19.4 Å². The number of hydrogen-bond acceptors (Lipinski definition) is 3. The van der Waals surface area contributed by atoms with Gasteiger partial charge in [-0.3, -0.25) is 14.8 Å². The molecular weight excluding hydrogens is 410 g/mol. The summed E-state index contributed by atoms with van der Waals surface area (Å²) in [7, 11) is 1.77. The van der Waals surface area contributed by atoms with Crippen LogP contribution >= 0.6 is 0 Å². The van der Waals surface area contributed by atoms with Gasteiger partial charge in [-0.05, 0) is 35.7 Å². The average molecular weight is 442 g/mol. The molecule has 0 bridgehead atoms. The smallest absolute Gasteiger partial charge is 0.223 e. The number of hydrogen-bond donors (Lipinski definition) is 2. The van der Waals surface area contributed by atoms with Crippen LogP contribution in [-0.4, -0.2) is 48.4 Å². The SMILES string of the molecule is CN=C(NCc1cccc(-c2ccccn2)c1)NCC1CC(=O)N(CCc2ccccc2)C1. The molecule has 1 fully saturated rings. The number of aromatic nitrogens is 1. The number of carbonyl (C=O) groups excluding carboxylic acids is 1. The van der Waals surface area contributed by atoms with Crippen molar-refractivity contribution in [2.24, 2.45) is 10.9 Å². The Hall–Kier alpha value is -3.67. The third-order valence-corrected chi connectivity index (χ3v) is 5.94. The summed E-state index contributed by atoms with van der Waals surface area (Å²) >= 11 is 0. The molecule has 1 aliphatic heterocycles. The highest BCUT2D eigenvalue weighted by Crippen LogP contribution is 2.19. The molecule has 33 heavy (non-hydrogen) atoms. The summed E-state index contributed by atoms with van der Waals surface area (Å²) in [6.07, 6.45) is 3.29. The number of amides is 1. The normalized spacial score (nSPS) is 16.2. The number of rotatable bonds is 8. The topological polar surface area (TPSA) is 69.6 Å². The zero-order valence-electron chi connectivity index (χ0n) is 19.1. The van der Waals surface area contributed by atoms with E-state index in [1.807, 2.05) is 53.6 Å². The largest absolute Gasteiger partial charge is 0.356 e. The summed E-state index contributed by atoms with van der Waals surface area (Å²) in [5.74, 6) is 1.28. The second kappa shape index (κ2) is 11.3. The molecule has 2 N–H and O–H groups in total. The fourth-order valence-electron chi connectivity index (χ4n) is 4.14. The molecule has 3 aromatic rings. The molecule has 1 atom stereocenters. The number of aliphatic imine (C=N–C) groups is 1. The van der Waals surface area contributed by atoms with Gasteiger partial charge in [-0.2, -0.15) is 0 Å². The Morgan fingerprint density at radius 3 is 2.64 bits per heavy atom. The van der Waals surface area contributed by atoms with E-state index >= 15 is 0 Å². The number of nitrogens with one attached hydrogen (secondary N) is 2. The van der Waals surface area contributed by atoms with Gasteiger partial charge in [0.05, 0.1) is 5.69 Å². The molecule has 0 saturated carbocycles. The molecule has 6 nitrogen and oxygen atoms in total. The van der Waals surface area contributed by atoms with Gasteiger partial charge in [0.2, 0.25) is 5.91 Å². The molecule has 4 rings (SSSR count). The van der Waals surface area contributed by atoms with Gasteiger partial charge < -0.3 is 15.5 Å². The van der Waals surface area contributed by atoms with E-state index in [1.54, 1.807) is 7.05 Å². The second-order valence-corrected chi connectivity index (χ2v) is 8.37. The molecule has 1 aromatic heterocycles. The van der Waals surface area contributed by atoms with Gasteiger partial charge in [0.1, 0.15) is 0 Å². The Balaban J connectivity index is 1.23. The van der Waals surface area contributed by atoms with Crippen LogP contribution in [0, 0.1) is 5.92 Å². The second-order valence-electron chi connectivity index (χ2n) is 8.37. The first-order valence-corrected chi connectivity index (χ1v) is 11.5. The lowest BCUT2D eigenvalue weighted by atomic mass is 10.1. The first-order chi connectivity index (χ1) is 16.2. The van der Waals surface area contributed by atoms with E-state index in [1.165, 1.54) is 5.56 Å². The third-order valence-electron chi connectivity index (χ3n) is 5.94. The minimum absolute atomic E-state index is 0.243. The van der Waals surface area contributed by atoms with Crippen LogP contribution in [0.2, 0.25) is 0 Å². The predicted octanol–water partition coefficient (Wildman–Crippen LogP) is 3.50. The van der Waals surface area contributed by atoms with Crippen molar-refractivity contribution in [3.8, 4) is 11.3 Å². The van der Waals surface area contributed by atoms with Gasteiger partial charge >= 0.3 is 0 Å². The zero-order chi connectivity index (χ0) is 22.9. The quantitative estimate of drug-likeness (QED) is 0.415. The van der Waals surface area contributed by atoms with Crippen molar-refractivity contribution in [1.29, 1.82) is 0 Å². The number of guanidine groups is 1. The number of carbonyl (C=O) groups is 1. The molecule has 1 aliphatic rings. The lowest BCUT2D eigenvalue weighted by Crippen LogP contribution is -2.40. The molecule has 1 amide bonds. The molecule has 1 unspecified atom stereocenters. The minimum atomic E-state index is 0.243. The highest BCUT2D eigenvalue weighted by atomic mass is 16.2. The van der Waals surface area contributed by atoms with Gasteiger partial charge in [-0.1, -0.05) is 54.6 Å². The van der Waals surface area contributed by atoms with Crippen molar-refractivity contribution in [3.05, 3.63) is 90.1 Å². The van der Waals surface area contributed by atoms with E-state index < -0.39 is 0 Å². The number of nitrogens with zero attached hydrogens (tertiary/aromatic N) is 3. The van der Waals surface area contributed by atoms with Crippen molar-refractivity contribution in [2.75, 3.05) is 26.7 Å². The van der Waals surface area contributed by atoms with E-state index in [0.717, 1.165) is 48.8 Å². The Labute approximate surface area is 195 Å². The molecule has 0 aliphatic carbocycles. The average Bonchev–Trinajstić information content (AvgIpc) is 3.23. The molecule has 6 heteroatoms. The van der Waals surface area contributed by atoms with Crippen molar-refractivity contribution >= 4 is 11.9 Å². The Kier molecular flexibility index (Phi) is 7.69. The summed E-state index contributed by atoms with van der Waals surface area (Å²) in [6, 6.07) is 24.6. The Bertz CT molecular complexity index is 1070. The molecular formula is C27H31N5O. The monoisotopic (exact) mass is 441 g/mol. The number of likely N-dealkylation sites (tertiary alicyclic amines) is 1. The Morgan fingerprint density at radius 1 is 1.03 bits per heavy atom. The summed E-state index contributed by atoms with van der Waals surface area (Å²) in [5.41, 5.74) is 4.48. The first kappa shape index (κ1) is 22.5. The molecule has 0 spiro atoms. The minimum Gasteiger partial charge on any atom is -0.356 e. The molecule has 0 radical (unpaired) electrons. The van der Waals surface area contributed by atoms with Crippen molar-refractivity contribution in [1.82, 2.24) is 20.5 Å². The van der Waals surface area contributed by atoms with Crippen LogP contribution in [0.25, 0.3) is 11.3 Å². The van der Waals surface area contributed by atoms with Crippen LogP contribution in [0.1, 0.15) is 17.5 Å². The van der Waals surface area contributed by atoms with E-state index in [4.69, 9.17) is 0 Å². The molecule has 2 aromatic carbocycles. The summed E-state index contributed by atoms with van der Waals surface area (Å²) in [4.78, 5) is 23.2. The van der Waals surface area contributed by atoms with Gasteiger partial charge in [0.25, 0.3) is 0 Å². The van der Waals surface area contributed by atoms with Crippen LogP contribution in [0.15, 0.2) is 84.0 Å². The fourth-order valence-corrected chi connectivity index (χ4v) is 4.14. The fraction of sp³-hybridized carbons (Fsp3) is 0.296. The van der Waals surface area contributed by atoms with Crippen molar-refractivity contribution in [3.63, 3.8) is 0 Å². The van der Waals surface area contributed by atoms with Crippen molar-refractivity contribution < 1.29 is 4.79 Å². The van der Waals surface area contributed by atoms with Crippen LogP contribution in [0.4, 0.5) is 0 Å². The highest BCUT2D eigenvalue weighted by molar-refractivity contribution is 5.81. The summed E-state index contributed by atoms with van der Waals surface area (Å²) < 4.78 is 0. The van der Waals surface area contributed by atoms with Gasteiger partial charge in [-0.15, -0.1) is 0 Å². The van der Waals surface area contributed by atoms with E-state index in [2.05, 4.69) is 50.9 Å².